The molecule has 0 aliphatic carbocycles. The second-order valence-corrected chi connectivity index (χ2v) is 7.89. The standard InChI is InChI=1S/C19H21N5O2S2/c1-2-13-6-3-4-7-14(13)21-17(26)12-28-19-23-22-18(15-8-5-11-27-15)24(19)10-9-16(20)25/h3-8,11H,2,9-10,12H2,1H3,(H2,20,25)(H,21,26). The third kappa shape index (κ3) is 4.99. The topological polar surface area (TPSA) is 103 Å². The van der Waals surface area contributed by atoms with E-state index >= 15 is 0 Å². The first-order chi connectivity index (χ1) is 13.6. The van der Waals surface area contributed by atoms with Crippen molar-refractivity contribution in [2.24, 2.45) is 5.73 Å². The summed E-state index contributed by atoms with van der Waals surface area (Å²) in [5.74, 6) is 0.358. The predicted octanol–water partition coefficient (Wildman–Crippen LogP) is 3.18. The summed E-state index contributed by atoms with van der Waals surface area (Å²) in [5.41, 5.74) is 7.21. The zero-order valence-electron chi connectivity index (χ0n) is 15.4. The van der Waals surface area contributed by atoms with E-state index < -0.39 is 5.91 Å². The van der Waals surface area contributed by atoms with Crippen molar-refractivity contribution in [1.82, 2.24) is 14.8 Å². The van der Waals surface area contributed by atoms with Gasteiger partial charge in [-0.05, 0) is 29.5 Å². The third-order valence-electron chi connectivity index (χ3n) is 4.04. The van der Waals surface area contributed by atoms with E-state index in [1.807, 2.05) is 53.3 Å². The van der Waals surface area contributed by atoms with Crippen LogP contribution in [0.25, 0.3) is 10.7 Å². The zero-order valence-corrected chi connectivity index (χ0v) is 17.1. The fraction of sp³-hybridized carbons (Fsp3) is 0.263. The van der Waals surface area contributed by atoms with Gasteiger partial charge in [-0.1, -0.05) is 43.0 Å². The molecule has 3 aromatic rings. The summed E-state index contributed by atoms with van der Waals surface area (Å²) in [6.07, 6.45) is 1.02. The normalized spacial score (nSPS) is 10.8. The molecule has 0 spiro atoms. The molecule has 0 atom stereocenters. The molecule has 3 rings (SSSR count). The maximum absolute atomic E-state index is 12.4. The van der Waals surface area contributed by atoms with Gasteiger partial charge < -0.3 is 15.6 Å². The highest BCUT2D eigenvalue weighted by Crippen LogP contribution is 2.27. The maximum atomic E-state index is 12.4. The number of nitrogens with zero attached hydrogens (tertiary/aromatic N) is 3. The highest BCUT2D eigenvalue weighted by atomic mass is 32.2. The van der Waals surface area contributed by atoms with Crippen molar-refractivity contribution in [1.29, 1.82) is 0 Å². The smallest absolute Gasteiger partial charge is 0.234 e. The summed E-state index contributed by atoms with van der Waals surface area (Å²) in [5, 5.41) is 13.9. The zero-order chi connectivity index (χ0) is 19.9. The van der Waals surface area contributed by atoms with Crippen molar-refractivity contribution < 1.29 is 9.59 Å². The fourth-order valence-corrected chi connectivity index (χ4v) is 4.16. The van der Waals surface area contributed by atoms with Crippen molar-refractivity contribution in [2.75, 3.05) is 11.1 Å². The minimum absolute atomic E-state index is 0.118. The number of rotatable bonds is 9. The fourth-order valence-electron chi connectivity index (χ4n) is 2.67. The third-order valence-corrected chi connectivity index (χ3v) is 5.88. The number of para-hydroxylation sites is 1. The summed E-state index contributed by atoms with van der Waals surface area (Å²) in [6.45, 7) is 2.42. The molecule has 1 aromatic carbocycles. The van der Waals surface area contributed by atoms with Crippen LogP contribution in [0.1, 0.15) is 18.9 Å². The van der Waals surface area contributed by atoms with Gasteiger partial charge in [0.05, 0.1) is 10.6 Å². The Morgan fingerprint density at radius 2 is 2.04 bits per heavy atom. The van der Waals surface area contributed by atoms with Crippen LogP contribution in [0.2, 0.25) is 0 Å². The highest BCUT2D eigenvalue weighted by Gasteiger charge is 2.17. The van der Waals surface area contributed by atoms with Crippen molar-refractivity contribution in [3.63, 3.8) is 0 Å². The Hall–Kier alpha value is -2.65. The van der Waals surface area contributed by atoms with E-state index in [1.54, 1.807) is 0 Å². The lowest BCUT2D eigenvalue weighted by Gasteiger charge is -2.10. The van der Waals surface area contributed by atoms with Gasteiger partial charge >= 0.3 is 0 Å². The molecule has 0 fully saturated rings. The number of nitrogens with one attached hydrogen (secondary N) is 1. The van der Waals surface area contributed by atoms with Crippen LogP contribution >= 0.6 is 23.1 Å². The second-order valence-electron chi connectivity index (χ2n) is 6.00. The molecule has 146 valence electrons. The van der Waals surface area contributed by atoms with Crippen LogP contribution in [-0.4, -0.2) is 32.3 Å². The average Bonchev–Trinajstić information content (AvgIpc) is 3.34. The minimum atomic E-state index is -0.393. The lowest BCUT2D eigenvalue weighted by molar-refractivity contribution is -0.118. The summed E-state index contributed by atoms with van der Waals surface area (Å²) in [4.78, 5) is 24.6. The van der Waals surface area contributed by atoms with E-state index in [0.717, 1.165) is 22.5 Å². The maximum Gasteiger partial charge on any atom is 0.234 e. The van der Waals surface area contributed by atoms with E-state index in [-0.39, 0.29) is 18.1 Å². The molecule has 0 saturated heterocycles. The summed E-state index contributed by atoms with van der Waals surface area (Å²) in [7, 11) is 0. The molecule has 0 unspecified atom stereocenters. The van der Waals surface area contributed by atoms with Gasteiger partial charge in [0, 0.05) is 18.7 Å². The Kier molecular flexibility index (Phi) is 6.83. The number of thioether (sulfide) groups is 1. The molecule has 0 saturated carbocycles. The number of benzene rings is 1. The molecule has 0 aliphatic rings. The molecule has 3 N–H and O–H groups in total. The Morgan fingerprint density at radius 1 is 1.21 bits per heavy atom. The average molecular weight is 416 g/mol. The number of aromatic nitrogens is 3. The number of amides is 2. The van der Waals surface area contributed by atoms with Crippen LogP contribution in [0.15, 0.2) is 46.9 Å². The number of anilines is 1. The SMILES string of the molecule is CCc1ccccc1NC(=O)CSc1nnc(-c2cccs2)n1CCC(N)=O. The lowest BCUT2D eigenvalue weighted by atomic mass is 10.1. The number of hydrogen-bond donors (Lipinski definition) is 2. The molecule has 28 heavy (non-hydrogen) atoms. The van der Waals surface area contributed by atoms with Gasteiger partial charge in [0.25, 0.3) is 0 Å². The number of carbonyl (C=O) groups excluding carboxylic acids is 2. The van der Waals surface area contributed by atoms with Crippen LogP contribution in [-0.2, 0) is 22.6 Å². The van der Waals surface area contributed by atoms with Gasteiger partial charge in [-0.15, -0.1) is 21.5 Å². The van der Waals surface area contributed by atoms with Crippen molar-refractivity contribution in [3.8, 4) is 10.7 Å². The van der Waals surface area contributed by atoms with Crippen LogP contribution in [0, 0.1) is 0 Å². The largest absolute Gasteiger partial charge is 0.370 e. The quantitative estimate of drug-likeness (QED) is 0.523. The van der Waals surface area contributed by atoms with E-state index in [1.165, 1.54) is 23.1 Å². The predicted molar refractivity (Wildman–Crippen MR) is 112 cm³/mol. The molecule has 2 amide bonds. The number of nitrogens with two attached hydrogens (primary N) is 1. The van der Waals surface area contributed by atoms with Crippen LogP contribution in [0.4, 0.5) is 5.69 Å². The van der Waals surface area contributed by atoms with E-state index in [9.17, 15) is 9.59 Å². The van der Waals surface area contributed by atoms with Gasteiger partial charge in [0.2, 0.25) is 11.8 Å². The number of primary amides is 1. The first-order valence-corrected chi connectivity index (χ1v) is 10.7. The number of thiophene rings is 1. The second kappa shape index (κ2) is 9.52. The van der Waals surface area contributed by atoms with Crippen molar-refractivity contribution in [2.45, 2.75) is 31.5 Å². The van der Waals surface area contributed by atoms with Crippen LogP contribution in [0.5, 0.6) is 0 Å². The van der Waals surface area contributed by atoms with Gasteiger partial charge in [0.15, 0.2) is 11.0 Å². The minimum Gasteiger partial charge on any atom is -0.370 e. The number of aryl methyl sites for hydroxylation is 1. The number of hydrogen-bond acceptors (Lipinski definition) is 6. The van der Waals surface area contributed by atoms with Crippen LogP contribution < -0.4 is 11.1 Å². The number of carbonyl (C=O) groups is 2. The van der Waals surface area contributed by atoms with Gasteiger partial charge in [-0.2, -0.15) is 0 Å². The molecule has 0 radical (unpaired) electrons. The van der Waals surface area contributed by atoms with E-state index in [4.69, 9.17) is 5.73 Å². The Morgan fingerprint density at radius 3 is 2.75 bits per heavy atom. The monoisotopic (exact) mass is 415 g/mol. The van der Waals surface area contributed by atoms with Crippen molar-refractivity contribution >= 4 is 40.6 Å². The van der Waals surface area contributed by atoms with Gasteiger partial charge in [-0.25, -0.2) is 0 Å². The van der Waals surface area contributed by atoms with E-state index in [2.05, 4.69) is 15.5 Å². The molecular weight excluding hydrogens is 394 g/mol. The Balaban J connectivity index is 1.71. The molecule has 7 nitrogen and oxygen atoms in total. The van der Waals surface area contributed by atoms with Crippen molar-refractivity contribution in [3.05, 3.63) is 47.3 Å². The molecule has 0 bridgehead atoms. The molecule has 9 heteroatoms. The molecule has 2 heterocycles. The first kappa shape index (κ1) is 20.1. The molecule has 0 aliphatic heterocycles. The Bertz CT molecular complexity index is 953. The first-order valence-electron chi connectivity index (χ1n) is 8.84. The van der Waals surface area contributed by atoms with E-state index in [0.29, 0.717) is 17.5 Å². The molecule has 2 aromatic heterocycles. The lowest BCUT2D eigenvalue weighted by Crippen LogP contribution is -2.17. The highest BCUT2D eigenvalue weighted by molar-refractivity contribution is 7.99. The van der Waals surface area contributed by atoms with Gasteiger partial charge in [0.1, 0.15) is 0 Å². The summed E-state index contributed by atoms with van der Waals surface area (Å²) in [6, 6.07) is 11.6. The Labute approximate surface area is 171 Å². The summed E-state index contributed by atoms with van der Waals surface area (Å²) < 4.78 is 1.84. The summed E-state index contributed by atoms with van der Waals surface area (Å²) >= 11 is 2.83. The molecular formula is C19H21N5O2S2. The van der Waals surface area contributed by atoms with Crippen LogP contribution in [0.3, 0.4) is 0 Å². The van der Waals surface area contributed by atoms with Gasteiger partial charge in [-0.3, -0.25) is 9.59 Å².